The summed E-state index contributed by atoms with van der Waals surface area (Å²) in [6.45, 7) is 0.502. The summed E-state index contributed by atoms with van der Waals surface area (Å²) in [7, 11) is -3.89. The standard InChI is InChI=1S/C18H17NO6S2/c20-18(13-5-9-26-11-13,17-2-1-6-25-17)12-19-27(21,22)14-3-4-15-16(10-14)24-8-7-23-15/h1-6,9-11,19-20H,7-8,12H2/t18-/m1/s1. The molecule has 4 rings (SSSR count). The highest BCUT2D eigenvalue weighted by Crippen LogP contribution is 2.34. The lowest BCUT2D eigenvalue weighted by atomic mass is 9.94. The molecule has 3 aromatic rings. The molecule has 0 saturated heterocycles. The first-order chi connectivity index (χ1) is 13.0. The highest BCUT2D eigenvalue weighted by atomic mass is 32.2. The Kier molecular flexibility index (Phi) is 4.68. The highest BCUT2D eigenvalue weighted by Gasteiger charge is 2.36. The Morgan fingerprint density at radius 2 is 1.96 bits per heavy atom. The summed E-state index contributed by atoms with van der Waals surface area (Å²) in [5.74, 6) is 1.14. The number of thiophene rings is 1. The van der Waals surface area contributed by atoms with Gasteiger partial charge in [-0.2, -0.15) is 11.3 Å². The maximum atomic E-state index is 12.8. The van der Waals surface area contributed by atoms with Crippen molar-refractivity contribution in [3.63, 3.8) is 0 Å². The summed E-state index contributed by atoms with van der Waals surface area (Å²) in [5, 5.41) is 14.7. The van der Waals surface area contributed by atoms with Crippen molar-refractivity contribution < 1.29 is 27.4 Å². The van der Waals surface area contributed by atoms with E-state index in [2.05, 4.69) is 4.72 Å². The van der Waals surface area contributed by atoms with E-state index < -0.39 is 15.6 Å². The fourth-order valence-corrected chi connectivity index (χ4v) is 4.62. The number of rotatable bonds is 6. The number of hydrogen-bond acceptors (Lipinski definition) is 7. The monoisotopic (exact) mass is 407 g/mol. The number of ether oxygens (including phenoxy) is 2. The second-order valence-corrected chi connectivity index (χ2v) is 8.53. The molecule has 3 heterocycles. The van der Waals surface area contributed by atoms with Gasteiger partial charge in [-0.25, -0.2) is 13.1 Å². The van der Waals surface area contributed by atoms with Crippen LogP contribution in [0, 0.1) is 0 Å². The first-order valence-corrected chi connectivity index (χ1v) is 10.6. The average molecular weight is 407 g/mol. The van der Waals surface area contributed by atoms with Crippen molar-refractivity contribution in [3.05, 3.63) is 64.7 Å². The molecule has 0 radical (unpaired) electrons. The molecule has 0 unspecified atom stereocenters. The molecule has 2 aromatic heterocycles. The van der Waals surface area contributed by atoms with E-state index in [0.29, 0.717) is 30.3 Å². The van der Waals surface area contributed by atoms with Gasteiger partial charge in [-0.3, -0.25) is 0 Å². The maximum absolute atomic E-state index is 12.8. The van der Waals surface area contributed by atoms with Crippen LogP contribution in [0.25, 0.3) is 0 Å². The van der Waals surface area contributed by atoms with E-state index in [1.807, 2.05) is 0 Å². The molecule has 0 aliphatic carbocycles. The van der Waals surface area contributed by atoms with Gasteiger partial charge >= 0.3 is 0 Å². The molecular formula is C18H17NO6S2. The van der Waals surface area contributed by atoms with E-state index in [1.165, 1.54) is 29.7 Å². The molecule has 9 heteroatoms. The maximum Gasteiger partial charge on any atom is 0.240 e. The molecule has 1 atom stereocenters. The smallest absolute Gasteiger partial charge is 0.240 e. The molecule has 1 aliphatic heterocycles. The molecule has 0 bridgehead atoms. The van der Waals surface area contributed by atoms with E-state index in [0.717, 1.165) is 0 Å². The largest absolute Gasteiger partial charge is 0.486 e. The van der Waals surface area contributed by atoms with E-state index in [4.69, 9.17) is 13.9 Å². The number of benzene rings is 1. The van der Waals surface area contributed by atoms with Crippen LogP contribution in [-0.4, -0.2) is 33.3 Å². The van der Waals surface area contributed by atoms with Crippen molar-refractivity contribution in [1.29, 1.82) is 0 Å². The lowest BCUT2D eigenvalue weighted by Crippen LogP contribution is -2.41. The van der Waals surface area contributed by atoms with Gasteiger partial charge in [-0.05, 0) is 41.1 Å². The topological polar surface area (TPSA) is 98.0 Å². The first kappa shape index (κ1) is 18.1. The Morgan fingerprint density at radius 3 is 2.67 bits per heavy atom. The molecule has 0 fully saturated rings. The Hall–Kier alpha value is -2.33. The molecule has 0 spiro atoms. The summed E-state index contributed by atoms with van der Waals surface area (Å²) in [4.78, 5) is 0.0267. The molecule has 0 saturated carbocycles. The van der Waals surface area contributed by atoms with Crippen LogP contribution in [0.3, 0.4) is 0 Å². The molecule has 1 aliphatic rings. The van der Waals surface area contributed by atoms with Gasteiger partial charge in [0.1, 0.15) is 19.0 Å². The zero-order chi connectivity index (χ0) is 18.9. The Labute approximate surface area is 160 Å². The van der Waals surface area contributed by atoms with Crippen molar-refractivity contribution in [1.82, 2.24) is 4.72 Å². The molecule has 2 N–H and O–H groups in total. The van der Waals surface area contributed by atoms with Crippen molar-refractivity contribution in [3.8, 4) is 11.5 Å². The van der Waals surface area contributed by atoms with E-state index in [-0.39, 0.29) is 17.2 Å². The second-order valence-electron chi connectivity index (χ2n) is 5.98. The Morgan fingerprint density at radius 1 is 1.15 bits per heavy atom. The van der Waals surface area contributed by atoms with Gasteiger partial charge in [-0.1, -0.05) is 0 Å². The quantitative estimate of drug-likeness (QED) is 0.651. The predicted molar refractivity (Wildman–Crippen MR) is 98.6 cm³/mol. The van der Waals surface area contributed by atoms with Crippen molar-refractivity contribution in [2.24, 2.45) is 0 Å². The molecule has 7 nitrogen and oxygen atoms in total. The van der Waals surface area contributed by atoms with Crippen LogP contribution < -0.4 is 14.2 Å². The van der Waals surface area contributed by atoms with E-state index >= 15 is 0 Å². The van der Waals surface area contributed by atoms with E-state index in [1.54, 1.807) is 35.0 Å². The van der Waals surface area contributed by atoms with Crippen LogP contribution in [0.5, 0.6) is 11.5 Å². The zero-order valence-corrected chi connectivity index (χ0v) is 15.8. The SMILES string of the molecule is O=S(=O)(NC[C@@](O)(c1ccsc1)c1ccco1)c1ccc2c(c1)OCCO2. The second kappa shape index (κ2) is 7.01. The lowest BCUT2D eigenvalue weighted by Gasteiger charge is -2.26. The third-order valence-electron chi connectivity index (χ3n) is 4.27. The van der Waals surface area contributed by atoms with E-state index in [9.17, 15) is 13.5 Å². The highest BCUT2D eigenvalue weighted by molar-refractivity contribution is 7.89. The van der Waals surface area contributed by atoms with Crippen LogP contribution in [0.15, 0.2) is 62.7 Å². The van der Waals surface area contributed by atoms with Gasteiger partial charge in [0.05, 0.1) is 17.7 Å². The number of nitrogens with one attached hydrogen (secondary N) is 1. The minimum atomic E-state index is -3.89. The van der Waals surface area contributed by atoms with Crippen LogP contribution in [0.2, 0.25) is 0 Å². The van der Waals surface area contributed by atoms with Gasteiger partial charge in [0.15, 0.2) is 17.1 Å². The van der Waals surface area contributed by atoms with Gasteiger partial charge in [0.25, 0.3) is 0 Å². The fourth-order valence-electron chi connectivity index (χ4n) is 2.82. The Balaban J connectivity index is 1.61. The van der Waals surface area contributed by atoms with Gasteiger partial charge in [0.2, 0.25) is 10.0 Å². The summed E-state index contributed by atoms with van der Waals surface area (Å²) < 4.78 is 44.2. The number of furan rings is 1. The van der Waals surface area contributed by atoms with Crippen LogP contribution in [0.1, 0.15) is 11.3 Å². The summed E-state index contributed by atoms with van der Waals surface area (Å²) >= 11 is 1.40. The molecule has 142 valence electrons. The summed E-state index contributed by atoms with van der Waals surface area (Å²) in [6, 6.07) is 9.38. The third kappa shape index (κ3) is 3.46. The molecule has 0 amide bonds. The number of hydrogen-bond donors (Lipinski definition) is 2. The fraction of sp³-hybridized carbons (Fsp3) is 0.222. The van der Waals surface area contributed by atoms with Crippen molar-refractivity contribution in [2.45, 2.75) is 10.5 Å². The summed E-state index contributed by atoms with van der Waals surface area (Å²) in [6.07, 6.45) is 1.43. The lowest BCUT2D eigenvalue weighted by molar-refractivity contribution is 0.0623. The number of aliphatic hydroxyl groups is 1. The van der Waals surface area contributed by atoms with Gasteiger partial charge in [0, 0.05) is 11.6 Å². The minimum absolute atomic E-state index is 0.0267. The number of sulfonamides is 1. The average Bonchev–Trinajstić information content (AvgIpc) is 3.40. The molecular weight excluding hydrogens is 390 g/mol. The Bertz CT molecular complexity index is 978. The van der Waals surface area contributed by atoms with Gasteiger partial charge < -0.3 is 19.0 Å². The van der Waals surface area contributed by atoms with Crippen molar-refractivity contribution in [2.75, 3.05) is 19.8 Å². The zero-order valence-electron chi connectivity index (χ0n) is 14.1. The first-order valence-electron chi connectivity index (χ1n) is 8.17. The minimum Gasteiger partial charge on any atom is -0.486 e. The molecule has 27 heavy (non-hydrogen) atoms. The third-order valence-corrected chi connectivity index (χ3v) is 6.35. The van der Waals surface area contributed by atoms with Crippen LogP contribution in [0.4, 0.5) is 0 Å². The number of fused-ring (bicyclic) bond motifs is 1. The van der Waals surface area contributed by atoms with Crippen LogP contribution >= 0.6 is 11.3 Å². The predicted octanol–water partition coefficient (Wildman–Crippen LogP) is 2.33. The molecule has 1 aromatic carbocycles. The van der Waals surface area contributed by atoms with Crippen LogP contribution in [-0.2, 0) is 15.6 Å². The van der Waals surface area contributed by atoms with Crippen molar-refractivity contribution >= 4 is 21.4 Å². The normalized spacial score (nSPS) is 16.0. The summed E-state index contributed by atoms with van der Waals surface area (Å²) in [5.41, 5.74) is -1.07. The van der Waals surface area contributed by atoms with Gasteiger partial charge in [-0.15, -0.1) is 0 Å².